The molecule has 1 aromatic carbocycles. The van der Waals surface area contributed by atoms with Crippen LogP contribution in [0, 0.1) is 11.3 Å². The summed E-state index contributed by atoms with van der Waals surface area (Å²) in [5, 5.41) is 20.5. The second kappa shape index (κ2) is 5.89. The number of rotatable bonds is 5. The number of benzene rings is 1. The SMILES string of the molecule is N#Cc1cc(NCCCCO)ccc1N. The van der Waals surface area contributed by atoms with E-state index < -0.39 is 0 Å². The summed E-state index contributed by atoms with van der Waals surface area (Å²) >= 11 is 0. The molecule has 0 amide bonds. The van der Waals surface area contributed by atoms with Crippen LogP contribution in [-0.2, 0) is 0 Å². The smallest absolute Gasteiger partial charge is 0.101 e. The fourth-order valence-electron chi connectivity index (χ4n) is 1.23. The first-order chi connectivity index (χ1) is 7.27. The molecule has 80 valence electrons. The zero-order valence-electron chi connectivity index (χ0n) is 8.53. The van der Waals surface area contributed by atoms with Crippen LogP contribution in [0.3, 0.4) is 0 Å². The summed E-state index contributed by atoms with van der Waals surface area (Å²) < 4.78 is 0. The van der Waals surface area contributed by atoms with Gasteiger partial charge in [-0.2, -0.15) is 5.26 Å². The van der Waals surface area contributed by atoms with E-state index in [4.69, 9.17) is 16.1 Å². The van der Waals surface area contributed by atoms with Crippen molar-refractivity contribution in [2.75, 3.05) is 24.2 Å². The third-order valence-corrected chi connectivity index (χ3v) is 2.09. The number of hydrogen-bond acceptors (Lipinski definition) is 4. The average Bonchev–Trinajstić information content (AvgIpc) is 2.26. The van der Waals surface area contributed by atoms with E-state index in [1.165, 1.54) is 0 Å². The van der Waals surface area contributed by atoms with Crippen molar-refractivity contribution < 1.29 is 5.11 Å². The largest absolute Gasteiger partial charge is 0.398 e. The Kier molecular flexibility index (Phi) is 4.45. The first-order valence-corrected chi connectivity index (χ1v) is 4.92. The maximum absolute atomic E-state index is 8.76. The fourth-order valence-corrected chi connectivity index (χ4v) is 1.23. The Morgan fingerprint density at radius 1 is 1.40 bits per heavy atom. The number of nitrogens with zero attached hydrogens (tertiary/aromatic N) is 1. The molecule has 0 saturated heterocycles. The highest BCUT2D eigenvalue weighted by molar-refractivity contribution is 5.61. The number of hydrogen-bond donors (Lipinski definition) is 3. The lowest BCUT2D eigenvalue weighted by Gasteiger charge is -2.06. The summed E-state index contributed by atoms with van der Waals surface area (Å²) in [7, 11) is 0. The second-order valence-corrected chi connectivity index (χ2v) is 3.27. The van der Waals surface area contributed by atoms with Crippen molar-refractivity contribution in [3.63, 3.8) is 0 Å². The number of nitrogens with two attached hydrogens (primary N) is 1. The highest BCUT2D eigenvalue weighted by atomic mass is 16.2. The van der Waals surface area contributed by atoms with Gasteiger partial charge in [-0.3, -0.25) is 0 Å². The molecular weight excluding hydrogens is 190 g/mol. The number of nitriles is 1. The molecule has 4 heteroatoms. The summed E-state index contributed by atoms with van der Waals surface area (Å²) in [4.78, 5) is 0. The van der Waals surface area contributed by atoms with Crippen molar-refractivity contribution in [2.24, 2.45) is 0 Å². The minimum Gasteiger partial charge on any atom is -0.398 e. The molecular formula is C11H15N3O. The van der Waals surface area contributed by atoms with E-state index in [0.717, 1.165) is 25.1 Å². The van der Waals surface area contributed by atoms with Gasteiger partial charge in [0.1, 0.15) is 6.07 Å². The second-order valence-electron chi connectivity index (χ2n) is 3.27. The van der Waals surface area contributed by atoms with E-state index in [2.05, 4.69) is 5.32 Å². The van der Waals surface area contributed by atoms with Crippen LogP contribution in [-0.4, -0.2) is 18.3 Å². The van der Waals surface area contributed by atoms with Gasteiger partial charge in [0.2, 0.25) is 0 Å². The number of anilines is 2. The zero-order valence-corrected chi connectivity index (χ0v) is 8.53. The molecule has 4 N–H and O–H groups in total. The normalized spacial score (nSPS) is 9.60. The molecule has 0 aliphatic carbocycles. The van der Waals surface area contributed by atoms with Crippen LogP contribution in [0.25, 0.3) is 0 Å². The van der Waals surface area contributed by atoms with Crippen molar-refractivity contribution in [1.29, 1.82) is 5.26 Å². The first-order valence-electron chi connectivity index (χ1n) is 4.92. The summed E-state index contributed by atoms with van der Waals surface area (Å²) in [5.74, 6) is 0. The van der Waals surface area contributed by atoms with Gasteiger partial charge in [-0.05, 0) is 31.0 Å². The van der Waals surface area contributed by atoms with E-state index in [1.54, 1.807) is 12.1 Å². The third kappa shape index (κ3) is 3.49. The van der Waals surface area contributed by atoms with Crippen molar-refractivity contribution in [3.8, 4) is 6.07 Å². The molecule has 1 rings (SSSR count). The van der Waals surface area contributed by atoms with Gasteiger partial charge in [0.15, 0.2) is 0 Å². The number of aliphatic hydroxyl groups excluding tert-OH is 1. The minimum atomic E-state index is 0.215. The Morgan fingerprint density at radius 2 is 2.20 bits per heavy atom. The monoisotopic (exact) mass is 205 g/mol. The van der Waals surface area contributed by atoms with Crippen LogP contribution in [0.2, 0.25) is 0 Å². The molecule has 0 atom stereocenters. The van der Waals surface area contributed by atoms with Gasteiger partial charge in [0.25, 0.3) is 0 Å². The van der Waals surface area contributed by atoms with Gasteiger partial charge >= 0.3 is 0 Å². The van der Waals surface area contributed by atoms with Crippen LogP contribution < -0.4 is 11.1 Å². The van der Waals surface area contributed by atoms with Gasteiger partial charge in [0.05, 0.1) is 5.56 Å². The molecule has 0 aliphatic rings. The van der Waals surface area contributed by atoms with Crippen LogP contribution in [0.15, 0.2) is 18.2 Å². The van der Waals surface area contributed by atoms with Gasteiger partial charge in [-0.1, -0.05) is 0 Å². The lowest BCUT2D eigenvalue weighted by Crippen LogP contribution is -2.03. The quantitative estimate of drug-likeness (QED) is 0.500. The van der Waals surface area contributed by atoms with E-state index in [-0.39, 0.29) is 6.61 Å². The summed E-state index contributed by atoms with van der Waals surface area (Å²) in [6.45, 7) is 1.00. The Bertz CT molecular complexity index is 357. The minimum absolute atomic E-state index is 0.215. The van der Waals surface area contributed by atoms with E-state index in [1.807, 2.05) is 12.1 Å². The van der Waals surface area contributed by atoms with Crippen molar-refractivity contribution in [2.45, 2.75) is 12.8 Å². The number of nitrogens with one attached hydrogen (secondary N) is 1. The van der Waals surface area contributed by atoms with E-state index in [9.17, 15) is 0 Å². The Labute approximate surface area is 89.3 Å². The number of nitrogen functional groups attached to an aromatic ring is 1. The van der Waals surface area contributed by atoms with Crippen molar-refractivity contribution >= 4 is 11.4 Å². The molecule has 0 fully saturated rings. The highest BCUT2D eigenvalue weighted by Gasteiger charge is 1.99. The molecule has 0 saturated carbocycles. The van der Waals surface area contributed by atoms with Crippen molar-refractivity contribution in [3.05, 3.63) is 23.8 Å². The van der Waals surface area contributed by atoms with Gasteiger partial charge in [0, 0.05) is 24.5 Å². The molecule has 15 heavy (non-hydrogen) atoms. The fraction of sp³-hybridized carbons (Fsp3) is 0.364. The molecule has 0 unspecified atom stereocenters. The van der Waals surface area contributed by atoms with E-state index >= 15 is 0 Å². The van der Waals surface area contributed by atoms with Gasteiger partial charge in [-0.15, -0.1) is 0 Å². The van der Waals surface area contributed by atoms with Crippen LogP contribution in [0.5, 0.6) is 0 Å². The van der Waals surface area contributed by atoms with E-state index in [0.29, 0.717) is 11.3 Å². The predicted octanol–water partition coefficient (Wildman–Crippen LogP) is 1.32. The number of unbranched alkanes of at least 4 members (excludes halogenated alkanes) is 1. The standard InChI is InChI=1S/C11H15N3O/c12-8-9-7-10(3-4-11(9)13)14-5-1-2-6-15/h3-4,7,14-15H,1-2,5-6,13H2. The van der Waals surface area contributed by atoms with Crippen molar-refractivity contribution in [1.82, 2.24) is 0 Å². The molecule has 0 spiro atoms. The lowest BCUT2D eigenvalue weighted by atomic mass is 10.2. The summed E-state index contributed by atoms with van der Waals surface area (Å²) in [6.07, 6.45) is 1.69. The Hall–Kier alpha value is -1.73. The number of aliphatic hydroxyl groups is 1. The summed E-state index contributed by atoms with van der Waals surface area (Å²) in [6, 6.07) is 7.32. The molecule has 0 aromatic heterocycles. The average molecular weight is 205 g/mol. The first kappa shape index (κ1) is 11.3. The van der Waals surface area contributed by atoms with Gasteiger partial charge < -0.3 is 16.2 Å². The topological polar surface area (TPSA) is 82.1 Å². The molecule has 0 bridgehead atoms. The molecule has 0 radical (unpaired) electrons. The maximum atomic E-state index is 8.76. The maximum Gasteiger partial charge on any atom is 0.101 e. The Balaban J connectivity index is 2.52. The Morgan fingerprint density at radius 3 is 2.87 bits per heavy atom. The molecule has 0 aliphatic heterocycles. The van der Waals surface area contributed by atoms with Crippen LogP contribution in [0.1, 0.15) is 18.4 Å². The third-order valence-electron chi connectivity index (χ3n) is 2.09. The zero-order chi connectivity index (χ0) is 11.1. The van der Waals surface area contributed by atoms with Crippen LogP contribution >= 0.6 is 0 Å². The molecule has 0 heterocycles. The van der Waals surface area contributed by atoms with Crippen LogP contribution in [0.4, 0.5) is 11.4 Å². The lowest BCUT2D eigenvalue weighted by molar-refractivity contribution is 0.286. The molecule has 4 nitrogen and oxygen atoms in total. The highest BCUT2D eigenvalue weighted by Crippen LogP contribution is 2.16. The molecule has 1 aromatic rings. The predicted molar refractivity (Wildman–Crippen MR) is 60.4 cm³/mol. The van der Waals surface area contributed by atoms with Gasteiger partial charge in [-0.25, -0.2) is 0 Å². The summed E-state index contributed by atoms with van der Waals surface area (Å²) in [5.41, 5.74) is 7.47.